The molecule has 4 aliphatic rings. The Morgan fingerprint density at radius 2 is 1.70 bits per heavy atom. The smallest absolute Gasteiger partial charge is 0.169 e. The van der Waals surface area contributed by atoms with Gasteiger partial charge >= 0.3 is 0 Å². The summed E-state index contributed by atoms with van der Waals surface area (Å²) in [5.41, 5.74) is -0.253. The highest BCUT2D eigenvalue weighted by Gasteiger charge is 2.46. The van der Waals surface area contributed by atoms with E-state index in [1.807, 2.05) is 19.1 Å². The molecule has 2 saturated carbocycles. The molecule has 2 aliphatic carbocycles. The van der Waals surface area contributed by atoms with Gasteiger partial charge < -0.3 is 18.9 Å². The van der Waals surface area contributed by atoms with Crippen molar-refractivity contribution < 1.29 is 18.9 Å². The SMILES string of the molecule is C=CC1COC(C2CCC(C)CC2)O1.C=C[C@@]1(C)COC2(CCCCC2)O1. The van der Waals surface area contributed by atoms with Crippen LogP contribution in [-0.4, -0.2) is 37.0 Å². The molecule has 0 bridgehead atoms. The summed E-state index contributed by atoms with van der Waals surface area (Å²) in [4.78, 5) is 0. The summed E-state index contributed by atoms with van der Waals surface area (Å²) >= 11 is 0. The minimum Gasteiger partial charge on any atom is -0.349 e. The highest BCUT2D eigenvalue weighted by molar-refractivity contribution is 5.00. The lowest BCUT2D eigenvalue weighted by Crippen LogP contribution is -2.35. The quantitative estimate of drug-likeness (QED) is 0.618. The van der Waals surface area contributed by atoms with Gasteiger partial charge in [0.15, 0.2) is 12.1 Å². The van der Waals surface area contributed by atoms with Gasteiger partial charge in [0.05, 0.1) is 13.2 Å². The topological polar surface area (TPSA) is 36.9 Å². The van der Waals surface area contributed by atoms with Crippen LogP contribution in [0, 0.1) is 11.8 Å². The van der Waals surface area contributed by atoms with Crippen molar-refractivity contribution in [2.24, 2.45) is 11.8 Å². The van der Waals surface area contributed by atoms with Crippen LogP contribution in [0.25, 0.3) is 0 Å². The summed E-state index contributed by atoms with van der Waals surface area (Å²) in [5.74, 6) is 1.25. The van der Waals surface area contributed by atoms with Crippen LogP contribution < -0.4 is 0 Å². The highest BCUT2D eigenvalue weighted by atomic mass is 16.8. The normalized spacial score (nSPS) is 41.0. The Balaban J connectivity index is 0.000000156. The van der Waals surface area contributed by atoms with Crippen molar-refractivity contribution in [1.82, 2.24) is 0 Å². The average Bonchev–Trinajstić information content (AvgIpc) is 3.29. The molecule has 0 aromatic carbocycles. The van der Waals surface area contributed by atoms with E-state index in [0.29, 0.717) is 19.1 Å². The summed E-state index contributed by atoms with van der Waals surface area (Å²) in [6.07, 6.45) is 14.9. The largest absolute Gasteiger partial charge is 0.349 e. The van der Waals surface area contributed by atoms with Gasteiger partial charge in [-0.25, -0.2) is 0 Å². The third-order valence-corrected chi connectivity index (χ3v) is 6.53. The molecule has 4 fully saturated rings. The van der Waals surface area contributed by atoms with Crippen LogP contribution in [0.4, 0.5) is 0 Å². The number of ether oxygens (including phenoxy) is 4. The monoisotopic (exact) mass is 378 g/mol. The summed E-state index contributed by atoms with van der Waals surface area (Å²) in [6.45, 7) is 13.3. The van der Waals surface area contributed by atoms with Gasteiger partial charge in [-0.05, 0) is 38.5 Å². The fourth-order valence-corrected chi connectivity index (χ4v) is 4.57. The van der Waals surface area contributed by atoms with Gasteiger partial charge in [-0.2, -0.15) is 0 Å². The van der Waals surface area contributed by atoms with E-state index in [4.69, 9.17) is 18.9 Å². The van der Waals surface area contributed by atoms with Crippen LogP contribution in [0.3, 0.4) is 0 Å². The molecule has 154 valence electrons. The first-order valence-electron chi connectivity index (χ1n) is 10.8. The highest BCUT2D eigenvalue weighted by Crippen LogP contribution is 2.41. The Kier molecular flexibility index (Phi) is 7.18. The maximum absolute atomic E-state index is 5.99. The van der Waals surface area contributed by atoms with Crippen LogP contribution in [0.1, 0.15) is 71.6 Å². The van der Waals surface area contributed by atoms with Crippen LogP contribution in [0.5, 0.6) is 0 Å². The van der Waals surface area contributed by atoms with Crippen LogP contribution in [0.15, 0.2) is 25.3 Å². The second-order valence-electron chi connectivity index (χ2n) is 9.01. The molecular weight excluding hydrogens is 340 g/mol. The third-order valence-electron chi connectivity index (χ3n) is 6.53. The molecule has 3 atom stereocenters. The Labute approximate surface area is 165 Å². The van der Waals surface area contributed by atoms with E-state index < -0.39 is 0 Å². The Morgan fingerprint density at radius 3 is 2.26 bits per heavy atom. The van der Waals surface area contributed by atoms with Crippen molar-refractivity contribution in [2.75, 3.05) is 13.2 Å². The van der Waals surface area contributed by atoms with E-state index in [0.717, 1.165) is 18.8 Å². The fraction of sp³-hybridized carbons (Fsp3) is 0.826. The minimum absolute atomic E-state index is 0.0468. The zero-order chi connectivity index (χ0) is 19.3. The molecule has 27 heavy (non-hydrogen) atoms. The van der Waals surface area contributed by atoms with E-state index in [-0.39, 0.29) is 23.8 Å². The van der Waals surface area contributed by atoms with Gasteiger partial charge in [0, 0.05) is 18.8 Å². The van der Waals surface area contributed by atoms with E-state index in [1.165, 1.54) is 44.9 Å². The molecule has 4 nitrogen and oxygen atoms in total. The maximum atomic E-state index is 5.99. The van der Waals surface area contributed by atoms with Crippen molar-refractivity contribution in [3.05, 3.63) is 25.3 Å². The Morgan fingerprint density at radius 1 is 1.00 bits per heavy atom. The van der Waals surface area contributed by atoms with Crippen LogP contribution >= 0.6 is 0 Å². The van der Waals surface area contributed by atoms with Gasteiger partial charge in [0.25, 0.3) is 0 Å². The zero-order valence-electron chi connectivity index (χ0n) is 17.3. The summed E-state index contributed by atoms with van der Waals surface area (Å²) in [5, 5.41) is 0. The first-order chi connectivity index (χ1) is 13.0. The van der Waals surface area contributed by atoms with Crippen molar-refractivity contribution in [2.45, 2.75) is 95.4 Å². The standard InChI is InChI=1S/C12H20O2.C11H18O2/c1-3-11-8-13-12(14-11)10-6-4-9(2)5-7-10;1-3-10(2)9-12-11(13-10)7-5-4-6-8-11/h3,9-12H,1,4-8H2,2H3;3H,1,4-9H2,2H3/t;10-/m.0/s1. The lowest BCUT2D eigenvalue weighted by molar-refractivity contribution is -0.195. The molecule has 0 N–H and O–H groups in total. The summed E-state index contributed by atoms with van der Waals surface area (Å²) in [6, 6.07) is 0. The zero-order valence-corrected chi connectivity index (χ0v) is 17.3. The van der Waals surface area contributed by atoms with Gasteiger partial charge in [-0.3, -0.25) is 0 Å². The maximum Gasteiger partial charge on any atom is 0.169 e. The second kappa shape index (κ2) is 9.21. The van der Waals surface area contributed by atoms with Gasteiger partial charge in [-0.15, -0.1) is 13.2 Å². The molecular formula is C23H38O4. The first-order valence-corrected chi connectivity index (χ1v) is 10.8. The lowest BCUT2D eigenvalue weighted by Gasteiger charge is -2.33. The third kappa shape index (κ3) is 5.44. The van der Waals surface area contributed by atoms with E-state index in [1.54, 1.807) is 0 Å². The molecule has 2 unspecified atom stereocenters. The summed E-state index contributed by atoms with van der Waals surface area (Å²) in [7, 11) is 0. The molecule has 4 rings (SSSR count). The van der Waals surface area contributed by atoms with E-state index in [2.05, 4.69) is 20.1 Å². The van der Waals surface area contributed by atoms with Gasteiger partial charge in [0.1, 0.15) is 11.7 Å². The fourth-order valence-electron chi connectivity index (χ4n) is 4.57. The van der Waals surface area contributed by atoms with E-state index in [9.17, 15) is 0 Å². The molecule has 4 heteroatoms. The molecule has 0 amide bonds. The first kappa shape index (κ1) is 21.0. The molecule has 1 spiro atoms. The second-order valence-corrected chi connectivity index (χ2v) is 9.01. The predicted molar refractivity (Wildman–Crippen MR) is 107 cm³/mol. The Hall–Kier alpha value is -0.680. The lowest BCUT2D eigenvalue weighted by atomic mass is 9.83. The minimum atomic E-state index is -0.263. The molecule has 0 aromatic heterocycles. The molecule has 2 aliphatic heterocycles. The number of hydrogen-bond acceptors (Lipinski definition) is 4. The van der Waals surface area contributed by atoms with Gasteiger partial charge in [0.2, 0.25) is 0 Å². The molecule has 2 saturated heterocycles. The number of rotatable bonds is 3. The molecule has 2 heterocycles. The van der Waals surface area contributed by atoms with E-state index >= 15 is 0 Å². The van der Waals surface area contributed by atoms with Crippen LogP contribution in [-0.2, 0) is 18.9 Å². The van der Waals surface area contributed by atoms with Crippen LogP contribution in [0.2, 0.25) is 0 Å². The van der Waals surface area contributed by atoms with Crippen molar-refractivity contribution in [3.8, 4) is 0 Å². The predicted octanol–water partition coefficient (Wildman–Crippen LogP) is 5.38. The average molecular weight is 379 g/mol. The number of hydrogen-bond donors (Lipinski definition) is 0. The molecule has 0 radical (unpaired) electrons. The Bertz CT molecular complexity index is 491. The van der Waals surface area contributed by atoms with Crippen molar-refractivity contribution in [1.29, 1.82) is 0 Å². The van der Waals surface area contributed by atoms with Gasteiger partial charge in [-0.1, -0.05) is 38.3 Å². The van der Waals surface area contributed by atoms with Crippen molar-refractivity contribution in [3.63, 3.8) is 0 Å². The van der Waals surface area contributed by atoms with Crippen molar-refractivity contribution >= 4 is 0 Å². The summed E-state index contributed by atoms with van der Waals surface area (Å²) < 4.78 is 23.2. The molecule has 0 aromatic rings.